The van der Waals surface area contributed by atoms with Gasteiger partial charge in [0.2, 0.25) is 5.91 Å². The average Bonchev–Trinajstić information content (AvgIpc) is 2.62. The maximum absolute atomic E-state index is 12.2. The summed E-state index contributed by atoms with van der Waals surface area (Å²) >= 11 is 0. The Morgan fingerprint density at radius 1 is 1.21 bits per heavy atom. The molecule has 1 aliphatic carbocycles. The second-order valence-corrected chi connectivity index (χ2v) is 5.60. The Labute approximate surface area is 115 Å². The van der Waals surface area contributed by atoms with E-state index in [1.165, 1.54) is 0 Å². The van der Waals surface area contributed by atoms with Crippen molar-refractivity contribution in [2.24, 2.45) is 5.41 Å². The largest absolute Gasteiger partial charge is 0.481 e. The summed E-state index contributed by atoms with van der Waals surface area (Å²) in [6.07, 6.45) is 5.40. The van der Waals surface area contributed by atoms with Gasteiger partial charge in [0, 0.05) is 26.6 Å². The SMILES string of the molecule is CNCCN(C)C(=O)CC1(C(=O)O)CCCCCC1. The van der Waals surface area contributed by atoms with E-state index in [1.54, 1.807) is 11.9 Å². The number of carboxylic acids is 1. The second kappa shape index (κ2) is 7.48. The van der Waals surface area contributed by atoms with Crippen LogP contribution < -0.4 is 5.32 Å². The van der Waals surface area contributed by atoms with Gasteiger partial charge in [-0.1, -0.05) is 25.7 Å². The molecule has 0 atom stereocenters. The summed E-state index contributed by atoms with van der Waals surface area (Å²) < 4.78 is 0. The van der Waals surface area contributed by atoms with Crippen LogP contribution in [0.1, 0.15) is 44.9 Å². The molecule has 0 aliphatic heterocycles. The number of carbonyl (C=O) groups is 2. The fourth-order valence-electron chi connectivity index (χ4n) is 2.70. The van der Waals surface area contributed by atoms with Gasteiger partial charge in [-0.05, 0) is 19.9 Å². The normalized spacial score (nSPS) is 18.6. The van der Waals surface area contributed by atoms with Gasteiger partial charge in [-0.25, -0.2) is 0 Å². The molecule has 0 saturated heterocycles. The molecule has 1 aliphatic rings. The number of nitrogens with one attached hydrogen (secondary N) is 1. The number of likely N-dealkylation sites (N-methyl/N-ethyl adjacent to an activating group) is 2. The Bertz CT molecular complexity index is 310. The molecule has 0 radical (unpaired) electrons. The Balaban J connectivity index is 2.67. The van der Waals surface area contributed by atoms with Crippen molar-refractivity contribution in [1.82, 2.24) is 10.2 Å². The smallest absolute Gasteiger partial charge is 0.310 e. The van der Waals surface area contributed by atoms with Crippen LogP contribution >= 0.6 is 0 Å². The van der Waals surface area contributed by atoms with E-state index in [0.717, 1.165) is 32.2 Å². The number of carboxylic acid groups (broad SMARTS) is 1. The van der Waals surface area contributed by atoms with Crippen LogP contribution in [0.4, 0.5) is 0 Å². The highest BCUT2D eigenvalue weighted by Crippen LogP contribution is 2.38. The molecular formula is C14H26N2O3. The van der Waals surface area contributed by atoms with Gasteiger partial charge in [0.15, 0.2) is 0 Å². The van der Waals surface area contributed by atoms with Gasteiger partial charge in [-0.2, -0.15) is 0 Å². The van der Waals surface area contributed by atoms with E-state index in [2.05, 4.69) is 5.32 Å². The minimum atomic E-state index is -0.832. The highest BCUT2D eigenvalue weighted by atomic mass is 16.4. The van der Waals surface area contributed by atoms with Gasteiger partial charge in [0.25, 0.3) is 0 Å². The Kier molecular flexibility index (Phi) is 6.28. The third-order valence-electron chi connectivity index (χ3n) is 4.13. The molecule has 1 saturated carbocycles. The number of hydrogen-bond donors (Lipinski definition) is 2. The Morgan fingerprint density at radius 2 is 1.79 bits per heavy atom. The number of amides is 1. The number of rotatable bonds is 6. The molecule has 19 heavy (non-hydrogen) atoms. The molecule has 0 aromatic heterocycles. The van der Waals surface area contributed by atoms with Crippen LogP contribution in [0.3, 0.4) is 0 Å². The topological polar surface area (TPSA) is 69.6 Å². The van der Waals surface area contributed by atoms with Gasteiger partial charge in [0.1, 0.15) is 0 Å². The van der Waals surface area contributed by atoms with E-state index in [0.29, 0.717) is 19.4 Å². The molecule has 1 rings (SSSR count). The highest BCUT2D eigenvalue weighted by Gasteiger charge is 2.41. The molecule has 1 amide bonds. The molecule has 0 aromatic rings. The minimum Gasteiger partial charge on any atom is -0.481 e. The van der Waals surface area contributed by atoms with Gasteiger partial charge in [0.05, 0.1) is 5.41 Å². The van der Waals surface area contributed by atoms with Crippen molar-refractivity contribution in [3.8, 4) is 0 Å². The van der Waals surface area contributed by atoms with Crippen molar-refractivity contribution in [2.45, 2.75) is 44.9 Å². The van der Waals surface area contributed by atoms with Gasteiger partial charge < -0.3 is 15.3 Å². The third-order valence-corrected chi connectivity index (χ3v) is 4.13. The first kappa shape index (κ1) is 16.0. The lowest BCUT2D eigenvalue weighted by Gasteiger charge is -2.29. The van der Waals surface area contributed by atoms with Crippen molar-refractivity contribution in [3.05, 3.63) is 0 Å². The van der Waals surface area contributed by atoms with Crippen molar-refractivity contribution in [3.63, 3.8) is 0 Å². The number of aliphatic carboxylic acids is 1. The van der Waals surface area contributed by atoms with E-state index in [-0.39, 0.29) is 12.3 Å². The molecular weight excluding hydrogens is 244 g/mol. The minimum absolute atomic E-state index is 0.0560. The third kappa shape index (κ3) is 4.49. The fraction of sp³-hybridized carbons (Fsp3) is 0.857. The van der Waals surface area contributed by atoms with E-state index in [1.807, 2.05) is 7.05 Å². The standard InChI is InChI=1S/C14H26N2O3/c1-15-9-10-16(2)12(17)11-14(13(18)19)7-5-3-4-6-8-14/h15H,3-11H2,1-2H3,(H,18,19). The van der Waals surface area contributed by atoms with Crippen LogP contribution in [0.25, 0.3) is 0 Å². The molecule has 5 nitrogen and oxygen atoms in total. The van der Waals surface area contributed by atoms with E-state index in [4.69, 9.17) is 0 Å². The van der Waals surface area contributed by atoms with Crippen molar-refractivity contribution in [2.75, 3.05) is 27.2 Å². The summed E-state index contributed by atoms with van der Waals surface area (Å²) in [5.41, 5.74) is -0.832. The van der Waals surface area contributed by atoms with Crippen LogP contribution in [0.15, 0.2) is 0 Å². The zero-order chi connectivity index (χ0) is 14.3. The predicted octanol–water partition coefficient (Wildman–Crippen LogP) is 1.48. The van der Waals surface area contributed by atoms with Crippen LogP contribution in [0.2, 0.25) is 0 Å². The van der Waals surface area contributed by atoms with E-state index >= 15 is 0 Å². The lowest BCUT2D eigenvalue weighted by atomic mass is 9.77. The van der Waals surface area contributed by atoms with E-state index in [9.17, 15) is 14.7 Å². The van der Waals surface area contributed by atoms with E-state index < -0.39 is 11.4 Å². The number of carbonyl (C=O) groups excluding carboxylic acids is 1. The molecule has 0 heterocycles. The summed E-state index contributed by atoms with van der Waals surface area (Å²) in [6.45, 7) is 1.34. The predicted molar refractivity (Wildman–Crippen MR) is 74.0 cm³/mol. The Morgan fingerprint density at radius 3 is 2.26 bits per heavy atom. The lowest BCUT2D eigenvalue weighted by Crippen LogP contribution is -2.40. The van der Waals surface area contributed by atoms with Crippen LogP contribution in [-0.4, -0.2) is 49.1 Å². The maximum Gasteiger partial charge on any atom is 0.310 e. The lowest BCUT2D eigenvalue weighted by molar-refractivity contribution is -0.154. The highest BCUT2D eigenvalue weighted by molar-refractivity contribution is 5.85. The first-order valence-corrected chi connectivity index (χ1v) is 7.14. The molecule has 1 fully saturated rings. The molecule has 0 aromatic carbocycles. The molecule has 110 valence electrons. The maximum atomic E-state index is 12.2. The molecule has 0 spiro atoms. The monoisotopic (exact) mass is 270 g/mol. The fourth-order valence-corrected chi connectivity index (χ4v) is 2.70. The molecule has 2 N–H and O–H groups in total. The van der Waals surface area contributed by atoms with Gasteiger partial charge >= 0.3 is 5.97 Å². The summed E-state index contributed by atoms with van der Waals surface area (Å²) in [5, 5.41) is 12.5. The quantitative estimate of drug-likeness (QED) is 0.717. The zero-order valence-electron chi connectivity index (χ0n) is 12.1. The summed E-state index contributed by atoms with van der Waals surface area (Å²) in [5.74, 6) is -0.857. The summed E-state index contributed by atoms with van der Waals surface area (Å²) in [6, 6.07) is 0. The number of nitrogens with zero attached hydrogens (tertiary/aromatic N) is 1. The zero-order valence-corrected chi connectivity index (χ0v) is 12.1. The van der Waals surface area contributed by atoms with Crippen molar-refractivity contribution < 1.29 is 14.7 Å². The Hall–Kier alpha value is -1.10. The molecule has 5 heteroatoms. The first-order chi connectivity index (χ1) is 9.02. The summed E-state index contributed by atoms with van der Waals surface area (Å²) in [7, 11) is 3.58. The molecule has 0 bridgehead atoms. The van der Waals surface area contributed by atoms with Crippen LogP contribution in [-0.2, 0) is 9.59 Å². The van der Waals surface area contributed by atoms with Gasteiger partial charge in [-0.15, -0.1) is 0 Å². The van der Waals surface area contributed by atoms with Crippen molar-refractivity contribution >= 4 is 11.9 Å². The average molecular weight is 270 g/mol. The van der Waals surface area contributed by atoms with Crippen LogP contribution in [0.5, 0.6) is 0 Å². The molecule has 0 unspecified atom stereocenters. The van der Waals surface area contributed by atoms with Crippen LogP contribution in [0, 0.1) is 5.41 Å². The number of hydrogen-bond acceptors (Lipinski definition) is 3. The first-order valence-electron chi connectivity index (χ1n) is 7.14. The second-order valence-electron chi connectivity index (χ2n) is 5.60. The summed E-state index contributed by atoms with van der Waals surface area (Å²) in [4.78, 5) is 25.4. The van der Waals surface area contributed by atoms with Gasteiger partial charge in [-0.3, -0.25) is 9.59 Å². The van der Waals surface area contributed by atoms with Crippen molar-refractivity contribution in [1.29, 1.82) is 0 Å².